The minimum Gasteiger partial charge on any atom is -0.494 e. The molecule has 0 unspecified atom stereocenters. The Morgan fingerprint density at radius 2 is 1.85 bits per heavy atom. The van der Waals surface area contributed by atoms with Crippen LogP contribution in [-0.2, 0) is 9.63 Å². The highest BCUT2D eigenvalue weighted by molar-refractivity contribution is 6.21. The number of carbonyl (C=O) groups is 2. The van der Waals surface area contributed by atoms with Crippen LogP contribution in [-0.4, -0.2) is 24.1 Å². The highest BCUT2D eigenvalue weighted by Crippen LogP contribution is 2.20. The lowest BCUT2D eigenvalue weighted by molar-refractivity contribution is -0.111. The van der Waals surface area contributed by atoms with Gasteiger partial charge in [-0.3, -0.25) is 4.79 Å². The zero-order chi connectivity index (χ0) is 19.1. The first-order chi connectivity index (χ1) is 12.4. The lowest BCUT2D eigenvalue weighted by Gasteiger charge is -2.14. The van der Waals surface area contributed by atoms with E-state index in [1.165, 1.54) is 6.08 Å². The van der Waals surface area contributed by atoms with Crippen LogP contribution in [0.4, 0.5) is 0 Å². The van der Waals surface area contributed by atoms with E-state index in [0.29, 0.717) is 29.0 Å². The SMILES string of the molecule is CCCCOc1ccc(C(=O)O/N=C2\C=C(C(C)C)C(=O)C=C2C)cc1. The quantitative estimate of drug-likeness (QED) is 0.313. The average molecular weight is 355 g/mol. The summed E-state index contributed by atoms with van der Waals surface area (Å²) >= 11 is 0. The van der Waals surface area contributed by atoms with Crippen LogP contribution in [0.2, 0.25) is 0 Å². The highest BCUT2D eigenvalue weighted by Gasteiger charge is 2.19. The number of unbranched alkanes of at least 4 members (excludes halogenated alkanes) is 1. The molecule has 1 aliphatic rings. The van der Waals surface area contributed by atoms with E-state index in [1.807, 2.05) is 13.8 Å². The number of allylic oxidation sites excluding steroid dienone is 4. The smallest absolute Gasteiger partial charge is 0.365 e. The molecule has 0 saturated carbocycles. The van der Waals surface area contributed by atoms with Crippen molar-refractivity contribution in [1.82, 2.24) is 0 Å². The molecular weight excluding hydrogens is 330 g/mol. The van der Waals surface area contributed by atoms with Crippen LogP contribution in [0.25, 0.3) is 0 Å². The van der Waals surface area contributed by atoms with Gasteiger partial charge in [0.05, 0.1) is 12.2 Å². The molecule has 1 aliphatic carbocycles. The number of carbonyl (C=O) groups excluding carboxylic acids is 2. The molecule has 0 N–H and O–H groups in total. The molecular formula is C21H25NO4. The molecule has 1 aromatic rings. The first kappa shape index (κ1) is 19.6. The molecule has 0 heterocycles. The fourth-order valence-electron chi connectivity index (χ4n) is 2.40. The second-order valence-corrected chi connectivity index (χ2v) is 6.53. The summed E-state index contributed by atoms with van der Waals surface area (Å²) in [6, 6.07) is 6.76. The van der Waals surface area contributed by atoms with Crippen molar-refractivity contribution in [1.29, 1.82) is 0 Å². The number of nitrogens with zero attached hydrogens (tertiary/aromatic N) is 1. The first-order valence-electron chi connectivity index (χ1n) is 8.89. The molecule has 0 amide bonds. The second-order valence-electron chi connectivity index (χ2n) is 6.53. The molecule has 0 aliphatic heterocycles. The van der Waals surface area contributed by atoms with Crippen LogP contribution in [0.1, 0.15) is 50.9 Å². The lowest BCUT2D eigenvalue weighted by atomic mass is 9.90. The molecule has 0 bridgehead atoms. The van der Waals surface area contributed by atoms with Gasteiger partial charge in [0, 0.05) is 5.57 Å². The Balaban J connectivity index is 2.04. The van der Waals surface area contributed by atoms with Crippen molar-refractivity contribution in [2.45, 2.75) is 40.5 Å². The monoisotopic (exact) mass is 355 g/mol. The minimum absolute atomic E-state index is 0.0264. The summed E-state index contributed by atoms with van der Waals surface area (Å²) in [7, 11) is 0. The Bertz CT molecular complexity index is 755. The molecule has 138 valence electrons. The molecule has 26 heavy (non-hydrogen) atoms. The van der Waals surface area contributed by atoms with Gasteiger partial charge in [-0.15, -0.1) is 0 Å². The van der Waals surface area contributed by atoms with Crippen LogP contribution in [0.5, 0.6) is 5.75 Å². The first-order valence-corrected chi connectivity index (χ1v) is 8.89. The summed E-state index contributed by atoms with van der Waals surface area (Å²) in [5, 5.41) is 3.93. The molecule has 1 aromatic carbocycles. The van der Waals surface area contributed by atoms with Crippen molar-refractivity contribution < 1.29 is 19.2 Å². The van der Waals surface area contributed by atoms with E-state index in [1.54, 1.807) is 37.3 Å². The van der Waals surface area contributed by atoms with Crippen molar-refractivity contribution in [3.63, 3.8) is 0 Å². The number of hydrogen-bond acceptors (Lipinski definition) is 5. The highest BCUT2D eigenvalue weighted by atomic mass is 16.7. The largest absolute Gasteiger partial charge is 0.494 e. The third-order valence-corrected chi connectivity index (χ3v) is 4.03. The third-order valence-electron chi connectivity index (χ3n) is 4.03. The van der Waals surface area contributed by atoms with Crippen molar-refractivity contribution in [2.24, 2.45) is 11.1 Å². The van der Waals surface area contributed by atoms with E-state index in [-0.39, 0.29) is 11.7 Å². The summed E-state index contributed by atoms with van der Waals surface area (Å²) in [6.45, 7) is 8.39. The van der Waals surface area contributed by atoms with Gasteiger partial charge in [-0.2, -0.15) is 0 Å². The molecule has 0 spiro atoms. The molecule has 0 fully saturated rings. The van der Waals surface area contributed by atoms with E-state index in [4.69, 9.17) is 9.57 Å². The van der Waals surface area contributed by atoms with Crippen LogP contribution in [0, 0.1) is 5.92 Å². The van der Waals surface area contributed by atoms with E-state index < -0.39 is 5.97 Å². The van der Waals surface area contributed by atoms with Crippen LogP contribution in [0.15, 0.2) is 52.7 Å². The Hall–Kier alpha value is -2.69. The predicted octanol–water partition coefficient (Wildman–Crippen LogP) is 4.49. The van der Waals surface area contributed by atoms with Crippen molar-refractivity contribution in [3.8, 4) is 5.75 Å². The lowest BCUT2D eigenvalue weighted by Crippen LogP contribution is -2.16. The van der Waals surface area contributed by atoms with Gasteiger partial charge in [0.25, 0.3) is 0 Å². The van der Waals surface area contributed by atoms with E-state index in [0.717, 1.165) is 18.6 Å². The Morgan fingerprint density at radius 1 is 1.15 bits per heavy atom. The van der Waals surface area contributed by atoms with Gasteiger partial charge >= 0.3 is 5.97 Å². The predicted molar refractivity (Wildman–Crippen MR) is 101 cm³/mol. The van der Waals surface area contributed by atoms with Gasteiger partial charge in [-0.05, 0) is 61.3 Å². The van der Waals surface area contributed by atoms with Gasteiger partial charge in [0.2, 0.25) is 0 Å². The molecule has 0 radical (unpaired) electrons. The maximum atomic E-state index is 12.2. The maximum absolute atomic E-state index is 12.2. The van der Waals surface area contributed by atoms with Gasteiger partial charge in [0.1, 0.15) is 11.5 Å². The summed E-state index contributed by atoms with van der Waals surface area (Å²) in [4.78, 5) is 29.2. The van der Waals surface area contributed by atoms with Gasteiger partial charge < -0.3 is 9.57 Å². The maximum Gasteiger partial charge on any atom is 0.365 e. The van der Waals surface area contributed by atoms with Crippen LogP contribution in [0.3, 0.4) is 0 Å². The van der Waals surface area contributed by atoms with Crippen molar-refractivity contribution in [3.05, 3.63) is 53.1 Å². The number of rotatable bonds is 7. The summed E-state index contributed by atoms with van der Waals surface area (Å²) in [5.41, 5.74) is 2.20. The second kappa shape index (κ2) is 9.13. The number of benzene rings is 1. The Labute approximate surface area is 154 Å². The fraction of sp³-hybridized carbons (Fsp3) is 0.381. The van der Waals surface area contributed by atoms with E-state index >= 15 is 0 Å². The van der Waals surface area contributed by atoms with E-state index in [9.17, 15) is 9.59 Å². The van der Waals surface area contributed by atoms with Gasteiger partial charge in [0.15, 0.2) is 5.78 Å². The van der Waals surface area contributed by atoms with Gasteiger partial charge in [-0.25, -0.2) is 4.79 Å². The fourth-order valence-corrected chi connectivity index (χ4v) is 2.40. The van der Waals surface area contributed by atoms with Crippen LogP contribution >= 0.6 is 0 Å². The summed E-state index contributed by atoms with van der Waals surface area (Å²) < 4.78 is 5.57. The molecule has 5 heteroatoms. The number of hydrogen-bond donors (Lipinski definition) is 0. The van der Waals surface area contributed by atoms with Crippen LogP contribution < -0.4 is 4.74 Å². The summed E-state index contributed by atoms with van der Waals surface area (Å²) in [5.74, 6) is 0.214. The topological polar surface area (TPSA) is 65.0 Å². The molecule has 0 aromatic heterocycles. The number of ketones is 1. The van der Waals surface area contributed by atoms with Crippen molar-refractivity contribution in [2.75, 3.05) is 6.61 Å². The van der Waals surface area contributed by atoms with Crippen molar-refractivity contribution >= 4 is 17.5 Å². The molecule has 0 atom stereocenters. The summed E-state index contributed by atoms with van der Waals surface area (Å²) in [6.07, 6.45) is 5.25. The number of ether oxygens (including phenoxy) is 1. The average Bonchev–Trinajstić information content (AvgIpc) is 2.61. The zero-order valence-electron chi connectivity index (χ0n) is 15.7. The minimum atomic E-state index is -0.554. The molecule has 2 rings (SSSR count). The Morgan fingerprint density at radius 3 is 2.46 bits per heavy atom. The normalized spacial score (nSPS) is 15.7. The number of oxime groups is 1. The van der Waals surface area contributed by atoms with E-state index in [2.05, 4.69) is 12.1 Å². The standard InChI is InChI=1S/C21H25NO4/c1-5-6-11-25-17-9-7-16(8-10-17)21(24)26-22-19-13-18(14(2)3)20(23)12-15(19)4/h7-10,12-14H,5-6,11H2,1-4H3/b22-19+. The van der Waals surface area contributed by atoms with Gasteiger partial charge in [-0.1, -0.05) is 32.3 Å². The Kier molecular flexibility index (Phi) is 6.89. The zero-order valence-corrected chi connectivity index (χ0v) is 15.7. The third kappa shape index (κ3) is 5.15. The molecule has 5 nitrogen and oxygen atoms in total. The molecule has 0 saturated heterocycles.